The maximum atomic E-state index is 15.0. The Morgan fingerprint density at radius 1 is 1.13 bits per heavy atom. The zero-order valence-electron chi connectivity index (χ0n) is 15.5. The molecule has 1 atom stereocenters. The smallest absolute Gasteiger partial charge is 0.436 e. The molecule has 7 nitrogen and oxygen atoms in total. The van der Waals surface area contributed by atoms with Gasteiger partial charge in [0.1, 0.15) is 18.5 Å². The van der Waals surface area contributed by atoms with Crippen molar-refractivity contribution in [2.24, 2.45) is 0 Å². The van der Waals surface area contributed by atoms with Crippen molar-refractivity contribution in [3.05, 3.63) is 65.9 Å². The fourth-order valence-corrected chi connectivity index (χ4v) is 3.50. The number of hydrogen-bond donors (Lipinski definition) is 1. The summed E-state index contributed by atoms with van der Waals surface area (Å²) < 4.78 is 63.0. The number of aromatic amines is 1. The van der Waals surface area contributed by atoms with Gasteiger partial charge in [-0.25, -0.2) is 14.2 Å². The Labute approximate surface area is 171 Å². The van der Waals surface area contributed by atoms with Crippen LogP contribution >= 0.6 is 0 Å². The highest BCUT2D eigenvalue weighted by Crippen LogP contribution is 2.37. The number of halogens is 4. The zero-order valence-corrected chi connectivity index (χ0v) is 15.5. The highest BCUT2D eigenvalue weighted by molar-refractivity contribution is 5.93. The number of rotatable bonds is 3. The molecule has 0 saturated carbocycles. The van der Waals surface area contributed by atoms with Gasteiger partial charge in [0.25, 0.3) is 0 Å². The molecular weight excluding hydrogens is 420 g/mol. The van der Waals surface area contributed by atoms with Crippen LogP contribution in [-0.4, -0.2) is 27.8 Å². The van der Waals surface area contributed by atoms with Gasteiger partial charge in [0.2, 0.25) is 0 Å². The third-order valence-electron chi connectivity index (χ3n) is 5.00. The Morgan fingerprint density at radius 3 is 2.71 bits per heavy atom. The lowest BCUT2D eigenvalue weighted by Crippen LogP contribution is -2.27. The predicted octanol–water partition coefficient (Wildman–Crippen LogP) is 5.07. The van der Waals surface area contributed by atoms with Gasteiger partial charge in [0.15, 0.2) is 11.5 Å². The second-order valence-corrected chi connectivity index (χ2v) is 6.88. The maximum Gasteiger partial charge on any atom is 0.436 e. The predicted molar refractivity (Wildman–Crippen MR) is 99.6 cm³/mol. The lowest BCUT2D eigenvalue weighted by atomic mass is 10.0. The number of H-pyrrole nitrogens is 1. The number of anilines is 1. The van der Waals surface area contributed by atoms with E-state index in [-0.39, 0.29) is 23.5 Å². The third-order valence-corrected chi connectivity index (χ3v) is 5.00. The molecule has 1 N–H and O–H groups in total. The summed E-state index contributed by atoms with van der Waals surface area (Å²) in [5.74, 6) is -0.948. The van der Waals surface area contributed by atoms with Crippen LogP contribution in [0.4, 0.5) is 28.0 Å². The van der Waals surface area contributed by atoms with Gasteiger partial charge in [0, 0.05) is 17.2 Å². The van der Waals surface area contributed by atoms with Gasteiger partial charge in [-0.3, -0.25) is 4.90 Å². The minimum absolute atomic E-state index is 0.0833. The molecule has 3 heterocycles. The van der Waals surface area contributed by atoms with Crippen molar-refractivity contribution in [3.8, 4) is 11.3 Å². The fraction of sp³-hybridized carbons (Fsp3) is 0.150. The van der Waals surface area contributed by atoms with Crippen molar-refractivity contribution < 1.29 is 31.6 Å². The number of fused-ring (bicyclic) bond motifs is 1. The summed E-state index contributed by atoms with van der Waals surface area (Å²) >= 11 is 0. The summed E-state index contributed by atoms with van der Waals surface area (Å²) in [5, 5.41) is 2.97. The van der Waals surface area contributed by atoms with Crippen LogP contribution in [0.2, 0.25) is 0 Å². The molecule has 4 aromatic rings. The molecule has 1 aliphatic rings. The van der Waals surface area contributed by atoms with Crippen LogP contribution in [0, 0.1) is 5.82 Å². The number of carbonyl (C=O) groups excluding carboxylic acids is 1. The first-order valence-electron chi connectivity index (χ1n) is 9.04. The second-order valence-electron chi connectivity index (χ2n) is 6.88. The molecule has 1 saturated heterocycles. The van der Waals surface area contributed by atoms with Crippen LogP contribution < -0.4 is 4.90 Å². The summed E-state index contributed by atoms with van der Waals surface area (Å²) in [6.07, 6.45) is -3.80. The maximum absolute atomic E-state index is 15.0. The molecule has 158 valence electrons. The van der Waals surface area contributed by atoms with Gasteiger partial charge in [0.05, 0.1) is 23.0 Å². The third kappa shape index (κ3) is 3.27. The van der Waals surface area contributed by atoms with Gasteiger partial charge >= 0.3 is 12.3 Å². The Balaban J connectivity index is 1.48. The fourth-order valence-electron chi connectivity index (χ4n) is 3.50. The van der Waals surface area contributed by atoms with E-state index in [2.05, 4.69) is 15.1 Å². The summed E-state index contributed by atoms with van der Waals surface area (Å²) in [7, 11) is 0. The van der Waals surface area contributed by atoms with E-state index >= 15 is 0 Å². The zero-order chi connectivity index (χ0) is 21.8. The van der Waals surface area contributed by atoms with Gasteiger partial charge in [-0.15, -0.1) is 0 Å². The molecule has 0 bridgehead atoms. The van der Waals surface area contributed by atoms with E-state index < -0.39 is 29.8 Å². The average Bonchev–Trinajstić information content (AvgIpc) is 3.46. The molecule has 0 aliphatic carbocycles. The van der Waals surface area contributed by atoms with E-state index in [1.807, 2.05) is 0 Å². The first-order valence-corrected chi connectivity index (χ1v) is 9.04. The topological polar surface area (TPSA) is 84.2 Å². The molecular formula is C20H12F4N4O3. The number of amides is 1. The Kier molecular flexibility index (Phi) is 4.20. The van der Waals surface area contributed by atoms with E-state index in [1.54, 1.807) is 18.2 Å². The number of aromatic nitrogens is 3. The number of nitrogens with zero attached hydrogens (tertiary/aromatic N) is 3. The first kappa shape index (κ1) is 19.1. The number of benzene rings is 2. The van der Waals surface area contributed by atoms with Crippen molar-refractivity contribution >= 4 is 22.8 Å². The van der Waals surface area contributed by atoms with Crippen LogP contribution in [0.3, 0.4) is 0 Å². The normalized spacial score (nSPS) is 16.8. The molecule has 11 heteroatoms. The Bertz CT molecular complexity index is 1300. The van der Waals surface area contributed by atoms with E-state index in [4.69, 9.17) is 9.26 Å². The van der Waals surface area contributed by atoms with Gasteiger partial charge in [-0.1, -0.05) is 17.3 Å². The number of cyclic esters (lactones) is 1. The second kappa shape index (κ2) is 6.83. The minimum Gasteiger partial charge on any atom is -0.447 e. The Morgan fingerprint density at radius 2 is 1.97 bits per heavy atom. The van der Waals surface area contributed by atoms with E-state index in [0.29, 0.717) is 22.8 Å². The van der Waals surface area contributed by atoms with Crippen LogP contribution in [0.5, 0.6) is 0 Å². The van der Waals surface area contributed by atoms with Crippen LogP contribution in [0.25, 0.3) is 22.4 Å². The summed E-state index contributed by atoms with van der Waals surface area (Å²) in [4.78, 5) is 20.7. The molecule has 0 radical (unpaired) electrons. The number of ether oxygens (including phenoxy) is 1. The molecule has 0 unspecified atom stereocenters. The standard InChI is InChI=1S/C20H12F4N4O3/c21-13-5-10(17-7-18(27-31-17)20(22,23)24)1-3-12(13)16-8-30-19(29)28(16)11-2-4-14-15(6-11)26-9-25-14/h1-7,9,16H,8H2,(H,25,26)/t16-/m1/s1. The van der Waals surface area contributed by atoms with Crippen molar-refractivity contribution in [1.29, 1.82) is 0 Å². The monoisotopic (exact) mass is 432 g/mol. The molecule has 1 amide bonds. The van der Waals surface area contributed by atoms with E-state index in [1.165, 1.54) is 23.4 Å². The summed E-state index contributed by atoms with van der Waals surface area (Å²) in [5.41, 5.74) is 0.904. The van der Waals surface area contributed by atoms with Gasteiger partial charge in [-0.2, -0.15) is 13.2 Å². The van der Waals surface area contributed by atoms with Gasteiger partial charge < -0.3 is 14.2 Å². The quantitative estimate of drug-likeness (QED) is 0.457. The van der Waals surface area contributed by atoms with Crippen molar-refractivity contribution in [2.75, 3.05) is 11.5 Å². The summed E-state index contributed by atoms with van der Waals surface area (Å²) in [6, 6.07) is 8.84. The number of imidazole rings is 1. The molecule has 5 rings (SSSR count). The number of hydrogen-bond acceptors (Lipinski definition) is 5. The number of nitrogens with one attached hydrogen (secondary N) is 1. The molecule has 31 heavy (non-hydrogen) atoms. The van der Waals surface area contributed by atoms with Gasteiger partial charge in [-0.05, 0) is 24.3 Å². The Hall–Kier alpha value is -3.89. The SMILES string of the molecule is O=C1OC[C@H](c2ccc(-c3cc(C(F)(F)F)no3)cc2F)N1c1ccc2nc[nH]c2c1. The molecule has 2 aromatic carbocycles. The van der Waals surface area contributed by atoms with E-state index in [9.17, 15) is 22.4 Å². The van der Waals surface area contributed by atoms with Crippen LogP contribution in [0.1, 0.15) is 17.3 Å². The molecule has 1 aliphatic heterocycles. The number of alkyl halides is 3. The highest BCUT2D eigenvalue weighted by Gasteiger charge is 2.38. The van der Waals surface area contributed by atoms with Crippen molar-refractivity contribution in [2.45, 2.75) is 12.2 Å². The largest absolute Gasteiger partial charge is 0.447 e. The lowest BCUT2D eigenvalue weighted by Gasteiger charge is -2.22. The summed E-state index contributed by atoms with van der Waals surface area (Å²) in [6.45, 7) is -0.0867. The lowest BCUT2D eigenvalue weighted by molar-refractivity contribution is -0.142. The number of carbonyl (C=O) groups is 1. The minimum atomic E-state index is -4.67. The van der Waals surface area contributed by atoms with Crippen molar-refractivity contribution in [3.63, 3.8) is 0 Å². The molecule has 0 spiro atoms. The highest BCUT2D eigenvalue weighted by atomic mass is 19.4. The first-order chi connectivity index (χ1) is 14.8. The molecule has 2 aromatic heterocycles. The van der Waals surface area contributed by atoms with Crippen LogP contribution in [0.15, 0.2) is 53.3 Å². The van der Waals surface area contributed by atoms with E-state index in [0.717, 1.165) is 6.07 Å². The van der Waals surface area contributed by atoms with Crippen LogP contribution in [-0.2, 0) is 10.9 Å². The van der Waals surface area contributed by atoms with Crippen molar-refractivity contribution in [1.82, 2.24) is 15.1 Å². The average molecular weight is 432 g/mol. The molecule has 1 fully saturated rings.